The maximum absolute atomic E-state index is 12.6. The molecule has 0 bridgehead atoms. The van der Waals surface area contributed by atoms with E-state index in [-0.39, 0.29) is 5.91 Å². The van der Waals surface area contributed by atoms with Crippen LogP contribution in [0.15, 0.2) is 18.2 Å². The van der Waals surface area contributed by atoms with E-state index in [1.54, 1.807) is 0 Å². The molecule has 0 saturated carbocycles. The fraction of sp³-hybridized carbons (Fsp3) is 0.500. The van der Waals surface area contributed by atoms with Gasteiger partial charge in [0.15, 0.2) is 5.75 Å². The van der Waals surface area contributed by atoms with E-state index in [4.69, 9.17) is 4.74 Å². The summed E-state index contributed by atoms with van der Waals surface area (Å²) in [7, 11) is 0. The molecular formula is C14H19N3O2. The average Bonchev–Trinajstić information content (AvgIpc) is 2.75. The number of hydrogen-bond acceptors (Lipinski definition) is 4. The third kappa shape index (κ3) is 2.51. The lowest BCUT2D eigenvalue weighted by Crippen LogP contribution is -2.35. The largest absolute Gasteiger partial charge is 0.489 e. The molecule has 3 rings (SSSR count). The number of rotatable bonds is 1. The number of anilines is 1. The Kier molecular flexibility index (Phi) is 3.55. The van der Waals surface area contributed by atoms with Gasteiger partial charge in [0.1, 0.15) is 6.61 Å². The van der Waals surface area contributed by atoms with E-state index < -0.39 is 0 Å². The van der Waals surface area contributed by atoms with Crippen molar-refractivity contribution in [1.29, 1.82) is 0 Å². The minimum Gasteiger partial charge on any atom is -0.489 e. The lowest BCUT2D eigenvalue weighted by Gasteiger charge is -2.25. The van der Waals surface area contributed by atoms with Crippen LogP contribution in [0.25, 0.3) is 0 Å². The Hall–Kier alpha value is -1.75. The van der Waals surface area contributed by atoms with Gasteiger partial charge in [0.05, 0.1) is 11.3 Å². The van der Waals surface area contributed by atoms with Crippen LogP contribution < -0.4 is 15.4 Å². The van der Waals surface area contributed by atoms with Crippen LogP contribution >= 0.6 is 0 Å². The molecule has 0 aliphatic carbocycles. The molecule has 0 radical (unpaired) electrons. The van der Waals surface area contributed by atoms with Gasteiger partial charge in [-0.3, -0.25) is 4.79 Å². The molecule has 0 atom stereocenters. The van der Waals surface area contributed by atoms with Crippen molar-refractivity contribution in [3.05, 3.63) is 23.8 Å². The fourth-order valence-corrected chi connectivity index (χ4v) is 2.56. The topological polar surface area (TPSA) is 53.6 Å². The van der Waals surface area contributed by atoms with Crippen LogP contribution in [-0.2, 0) is 0 Å². The van der Waals surface area contributed by atoms with Crippen molar-refractivity contribution in [3.8, 4) is 5.75 Å². The Morgan fingerprint density at radius 3 is 3.11 bits per heavy atom. The molecular weight excluding hydrogens is 242 g/mol. The lowest BCUT2D eigenvalue weighted by molar-refractivity contribution is 0.0762. The Bertz CT molecular complexity index is 468. The second kappa shape index (κ2) is 5.48. The summed E-state index contributed by atoms with van der Waals surface area (Å²) in [6.07, 6.45) is 1.000. The molecule has 1 aromatic carbocycles. The summed E-state index contributed by atoms with van der Waals surface area (Å²) >= 11 is 0. The zero-order valence-electron chi connectivity index (χ0n) is 10.9. The molecule has 5 heteroatoms. The standard InChI is InChI=1S/C14H19N3O2/c18-14(17-8-2-5-15-6-9-17)11-3-1-4-12-13(11)19-10-7-16-12/h1,3-4,15-16H,2,5-10H2. The molecule has 0 spiro atoms. The van der Waals surface area contributed by atoms with Crippen molar-refractivity contribution in [2.24, 2.45) is 0 Å². The average molecular weight is 261 g/mol. The van der Waals surface area contributed by atoms with Gasteiger partial charge >= 0.3 is 0 Å². The summed E-state index contributed by atoms with van der Waals surface area (Å²) in [6.45, 7) is 4.81. The number of hydrogen-bond donors (Lipinski definition) is 2. The predicted molar refractivity (Wildman–Crippen MR) is 73.8 cm³/mol. The number of para-hydroxylation sites is 1. The third-order valence-electron chi connectivity index (χ3n) is 3.54. The van der Waals surface area contributed by atoms with E-state index >= 15 is 0 Å². The van der Waals surface area contributed by atoms with Gasteiger partial charge in [-0.05, 0) is 25.1 Å². The molecule has 2 aliphatic rings. The highest BCUT2D eigenvalue weighted by Gasteiger charge is 2.23. The first kappa shape index (κ1) is 12.3. The van der Waals surface area contributed by atoms with E-state index in [9.17, 15) is 4.79 Å². The van der Waals surface area contributed by atoms with Gasteiger partial charge in [0.2, 0.25) is 0 Å². The summed E-state index contributed by atoms with van der Waals surface area (Å²) < 4.78 is 5.67. The van der Waals surface area contributed by atoms with Crippen LogP contribution in [0.2, 0.25) is 0 Å². The molecule has 5 nitrogen and oxygen atoms in total. The molecule has 102 valence electrons. The van der Waals surface area contributed by atoms with E-state index in [0.717, 1.165) is 44.8 Å². The van der Waals surface area contributed by atoms with Crippen LogP contribution in [0.4, 0.5) is 5.69 Å². The highest BCUT2D eigenvalue weighted by atomic mass is 16.5. The second-order valence-electron chi connectivity index (χ2n) is 4.85. The summed E-state index contributed by atoms with van der Waals surface area (Å²) in [4.78, 5) is 14.5. The molecule has 1 saturated heterocycles. The van der Waals surface area contributed by atoms with Crippen molar-refractivity contribution in [1.82, 2.24) is 10.2 Å². The van der Waals surface area contributed by atoms with E-state index in [1.165, 1.54) is 0 Å². The number of benzene rings is 1. The predicted octanol–water partition coefficient (Wildman–Crippen LogP) is 0.926. The summed E-state index contributed by atoms with van der Waals surface area (Å²) in [6, 6.07) is 5.71. The highest BCUT2D eigenvalue weighted by molar-refractivity contribution is 5.99. The van der Waals surface area contributed by atoms with Gasteiger partial charge in [-0.2, -0.15) is 0 Å². The van der Waals surface area contributed by atoms with Crippen LogP contribution in [0, 0.1) is 0 Å². The normalized spacial score (nSPS) is 18.8. The Labute approximate surface area is 112 Å². The van der Waals surface area contributed by atoms with E-state index in [1.807, 2.05) is 23.1 Å². The summed E-state index contributed by atoms with van der Waals surface area (Å²) in [5.41, 5.74) is 1.59. The van der Waals surface area contributed by atoms with Gasteiger partial charge in [0.25, 0.3) is 5.91 Å². The summed E-state index contributed by atoms with van der Waals surface area (Å²) in [5.74, 6) is 0.778. The van der Waals surface area contributed by atoms with Crippen molar-refractivity contribution in [2.75, 3.05) is 44.6 Å². The maximum Gasteiger partial charge on any atom is 0.257 e. The number of ether oxygens (including phenoxy) is 1. The van der Waals surface area contributed by atoms with E-state index in [0.29, 0.717) is 17.9 Å². The molecule has 0 aromatic heterocycles. The van der Waals surface area contributed by atoms with Gasteiger partial charge < -0.3 is 20.3 Å². The Morgan fingerprint density at radius 2 is 2.16 bits per heavy atom. The van der Waals surface area contributed by atoms with Crippen molar-refractivity contribution in [2.45, 2.75) is 6.42 Å². The molecule has 1 fully saturated rings. The molecule has 0 unspecified atom stereocenters. The number of nitrogens with one attached hydrogen (secondary N) is 2. The third-order valence-corrected chi connectivity index (χ3v) is 3.54. The smallest absolute Gasteiger partial charge is 0.257 e. The first-order valence-electron chi connectivity index (χ1n) is 6.86. The molecule has 1 aromatic rings. The summed E-state index contributed by atoms with van der Waals surface area (Å²) in [5, 5.41) is 6.57. The fourth-order valence-electron chi connectivity index (χ4n) is 2.56. The number of amides is 1. The van der Waals surface area contributed by atoms with Gasteiger partial charge in [-0.15, -0.1) is 0 Å². The molecule has 2 heterocycles. The van der Waals surface area contributed by atoms with Gasteiger partial charge in [0, 0.05) is 26.2 Å². The zero-order chi connectivity index (χ0) is 13.1. The van der Waals surface area contributed by atoms with E-state index in [2.05, 4.69) is 10.6 Å². The van der Waals surface area contributed by atoms with Crippen molar-refractivity contribution in [3.63, 3.8) is 0 Å². The maximum atomic E-state index is 12.6. The minimum atomic E-state index is 0.0734. The molecule has 19 heavy (non-hydrogen) atoms. The Balaban J connectivity index is 1.86. The SMILES string of the molecule is O=C(c1cccc2c1OCCN2)N1CCCNCC1. The van der Waals surface area contributed by atoms with Crippen LogP contribution in [0.1, 0.15) is 16.8 Å². The lowest BCUT2D eigenvalue weighted by atomic mass is 10.1. The van der Waals surface area contributed by atoms with Crippen molar-refractivity contribution >= 4 is 11.6 Å². The minimum absolute atomic E-state index is 0.0734. The zero-order valence-corrected chi connectivity index (χ0v) is 10.9. The number of nitrogens with zero attached hydrogens (tertiary/aromatic N) is 1. The van der Waals surface area contributed by atoms with Crippen LogP contribution in [0.3, 0.4) is 0 Å². The first-order valence-corrected chi connectivity index (χ1v) is 6.86. The second-order valence-corrected chi connectivity index (χ2v) is 4.85. The van der Waals surface area contributed by atoms with Crippen LogP contribution in [-0.4, -0.2) is 50.1 Å². The quantitative estimate of drug-likeness (QED) is 0.789. The monoisotopic (exact) mass is 261 g/mol. The van der Waals surface area contributed by atoms with Gasteiger partial charge in [-0.1, -0.05) is 6.07 Å². The highest BCUT2D eigenvalue weighted by Crippen LogP contribution is 2.32. The van der Waals surface area contributed by atoms with Gasteiger partial charge in [-0.25, -0.2) is 0 Å². The number of carbonyl (C=O) groups excluding carboxylic acids is 1. The number of carbonyl (C=O) groups is 1. The number of fused-ring (bicyclic) bond motifs is 1. The van der Waals surface area contributed by atoms with Crippen LogP contribution in [0.5, 0.6) is 5.75 Å². The van der Waals surface area contributed by atoms with Crippen molar-refractivity contribution < 1.29 is 9.53 Å². The Morgan fingerprint density at radius 1 is 1.21 bits per heavy atom. The molecule has 2 aliphatic heterocycles. The first-order chi connectivity index (χ1) is 9.36. The molecule has 1 amide bonds. The molecule has 2 N–H and O–H groups in total.